The Morgan fingerprint density at radius 2 is 0.630 bits per heavy atom. The van der Waals surface area contributed by atoms with E-state index in [1.165, 1.54) is 102 Å². The molecule has 4 heterocycles. The minimum Gasteiger partial charge on any atom is -0.412 e. The fourth-order valence-electron chi connectivity index (χ4n) is 36.1. The molecule has 16 aliphatic rings. The highest BCUT2D eigenvalue weighted by Crippen LogP contribution is 2.75. The molecule has 36 atom stereocenters. The average Bonchev–Trinajstić information content (AvgIpc) is 1.69. The van der Waals surface area contributed by atoms with Gasteiger partial charge in [-0.3, -0.25) is 38.3 Å². The number of carbonyl (C=O) groups is 4. The summed E-state index contributed by atoms with van der Waals surface area (Å²) in [5, 5.41) is 97.5. The molecule has 4 aromatic rings. The molecule has 0 amide bonds. The van der Waals surface area contributed by atoms with Gasteiger partial charge in [0.05, 0.1) is 94.4 Å². The molecule has 20 rings (SSSR count). The Kier molecular flexibility index (Phi) is 31.3. The van der Waals surface area contributed by atoms with Crippen LogP contribution in [0.25, 0.3) is 0 Å². The van der Waals surface area contributed by atoms with Gasteiger partial charge in [0.15, 0.2) is 17.3 Å². The average molecular weight is 1960 g/mol. The lowest BCUT2D eigenvalue weighted by Gasteiger charge is -2.63. The summed E-state index contributed by atoms with van der Waals surface area (Å²) in [7, 11) is 0. The number of H-pyrrole nitrogens is 1. The minimum absolute atomic E-state index is 0. The zero-order valence-electron chi connectivity index (χ0n) is 89.4. The number of rotatable bonds is 11. The summed E-state index contributed by atoms with van der Waals surface area (Å²) < 4.78 is 45.1. The van der Waals surface area contributed by atoms with E-state index < -0.39 is 22.4 Å². The highest BCUT2D eigenvalue weighted by molar-refractivity contribution is 9.09. The van der Waals surface area contributed by atoms with Crippen LogP contribution in [0.1, 0.15) is 362 Å². The smallest absolute Gasteiger partial charge is 0.157 e. The summed E-state index contributed by atoms with van der Waals surface area (Å²) in [4.78, 5) is 52.8. The molecule has 0 radical (unpaired) electrons. The summed E-state index contributed by atoms with van der Waals surface area (Å²) in [6.45, 7) is 38.6. The molecule has 0 saturated heterocycles. The second-order valence-electron chi connectivity index (χ2n) is 50.2. The van der Waals surface area contributed by atoms with Crippen molar-refractivity contribution in [2.75, 3.05) is 11.6 Å². The van der Waals surface area contributed by atoms with Crippen molar-refractivity contribution in [1.82, 2.24) is 39.5 Å². The van der Waals surface area contributed by atoms with E-state index in [-0.39, 0.29) is 97.4 Å². The molecular formula is C111H176BrFN12O9S. The molecule has 24 heteroatoms. The first-order valence-electron chi connectivity index (χ1n) is 54.6. The quantitative estimate of drug-likeness (QED) is 0.0871. The third kappa shape index (κ3) is 20.1. The summed E-state index contributed by atoms with van der Waals surface area (Å²) in [5.41, 5.74) is 2.06. The number of hydrogen-bond acceptors (Lipinski definition) is 17. The number of hydrogen-bond donors (Lipinski definition) is 5. The van der Waals surface area contributed by atoms with Crippen LogP contribution in [-0.2, 0) is 38.8 Å². The van der Waals surface area contributed by atoms with Gasteiger partial charge in [-0.25, -0.2) is 0 Å². The number of aliphatic hydroxyl groups is 4. The standard InChI is InChI=1S/3C27H39N3O2.C23H37BrO2.C4H3N3.CH3FS.2CH4.H2O.3H2/c3*1-17-11-19-12-25(2,32)9-10-26(19,3)22-7-8-27(4)20(5-6-21(27)24(17)22)23(31)16-30-15-18(13-28)14-29-30;1-14-11-15-12-21(2,26)9-10-22(15,3)18-7-8-23(4)16(19(25)13-24)5-6-17(23)20(14)18;5-1-4-2-6-7-3-4;1-3-2;;;;;;/h3*14-15,17,19-22,24,32H,5-12,16H2,1-4H3;14-18,20,26H,5-13H2,1-4H3;2-3H,(H,6,7);1H3;2*1H4;1H2;3*1H/t17?,19-,20+,21-,22-,24-,25+,26-,27+;17-,19+,20-,21+,22+,24+,25-,26+,27-;17-,19-,20+,21-,22-,24-,25+,26-,27+;14?,15-,16+,17-,18-,20-,21+,22-,23+;;;;;;;;/m0100......../s1/i;;;;;;;;;3*1+1D. The molecule has 0 aromatic carbocycles. The SMILES string of the molecule is C.C.CC1C[C@H]2C[C@](C)(O)CC[C@]2(C)[C@H]2CC[C@]3(C)[C@@H](C(=O)CBr)CC[C@H]3[C@H]12.CC1C[C@H]2C[C@](C)(O)CC[C@]2(C)[C@H]2CC[C@]3(C)[C@@H](C(=O)Cn4cc(C#N)cn4)CC[C@H]3[C@H]12.CSF.C[C@@H]1C[C@H]2C[C@](C)(O)CC[C@]2(C)[C@H]2CC[C@]3(C)[C@@H](C(=O)Cn4cc(C#N)cn4)CC[C@H]3[C@H]12.C[C@H]1C[C@H]2C[C@](C)(O)CC[C@]2(C)[C@H]2CC[C@]3(C)[C@@H](C(=O)Cn4cc(C#N)cn4)CC[C@H]3[C@H]12.N#Cc1cn[nH]c1.O.[2H][2H].[2H][2H].[2H][2H]. The minimum atomic E-state index is -0.497. The number of Topliss-reactive ketones (excluding diaryl/α,β-unsaturated/α-hetero) is 4. The van der Waals surface area contributed by atoms with Crippen LogP contribution >= 0.6 is 28.1 Å². The Bertz CT molecular complexity index is 4650. The predicted octanol–water partition coefficient (Wildman–Crippen LogP) is 23.2. The van der Waals surface area contributed by atoms with Crippen molar-refractivity contribution in [3.63, 3.8) is 0 Å². The first kappa shape index (κ1) is 103. The van der Waals surface area contributed by atoms with E-state index >= 15 is 0 Å². The highest BCUT2D eigenvalue weighted by atomic mass is 79.9. The predicted molar refractivity (Wildman–Crippen MR) is 538 cm³/mol. The van der Waals surface area contributed by atoms with Crippen molar-refractivity contribution in [2.24, 2.45) is 185 Å². The molecule has 4 aromatic heterocycles. The molecule has 16 saturated carbocycles. The van der Waals surface area contributed by atoms with Crippen molar-refractivity contribution >= 4 is 51.2 Å². The number of carbonyl (C=O) groups excluding carboxylic acids is 4. The van der Waals surface area contributed by atoms with Crippen LogP contribution in [0.3, 0.4) is 0 Å². The lowest BCUT2D eigenvalue weighted by Crippen LogP contribution is -2.58. The monoisotopic (exact) mass is 1960 g/mol. The molecular weight excluding hydrogens is 1780 g/mol. The summed E-state index contributed by atoms with van der Waals surface area (Å²) in [6.07, 6.45) is 49.7. The van der Waals surface area contributed by atoms with Gasteiger partial charge in [0.1, 0.15) is 30.1 Å². The Labute approximate surface area is 830 Å². The first-order chi connectivity index (χ1) is 65.2. The summed E-state index contributed by atoms with van der Waals surface area (Å²) in [5.74, 6) is 15.6. The Balaban J connectivity index is 0.000000198. The van der Waals surface area contributed by atoms with E-state index in [4.69, 9.17) is 30.0 Å². The Morgan fingerprint density at radius 3 is 0.830 bits per heavy atom. The van der Waals surface area contributed by atoms with Gasteiger partial charge in [0.2, 0.25) is 0 Å². The second kappa shape index (κ2) is 40.8. The number of nitriles is 4. The molecule has 0 aliphatic heterocycles. The lowest BCUT2D eigenvalue weighted by atomic mass is 9.42. The molecule has 135 heavy (non-hydrogen) atoms. The maximum atomic E-state index is 13.4. The van der Waals surface area contributed by atoms with Crippen molar-refractivity contribution < 1.29 is 57.9 Å². The number of halogens is 2. The second-order valence-corrected chi connectivity index (χ2v) is 51.1. The molecule has 16 fully saturated rings. The number of alkyl halides is 1. The van der Waals surface area contributed by atoms with Crippen molar-refractivity contribution in [2.45, 2.75) is 373 Å². The number of fused-ring (bicyclic) bond motifs is 20. The van der Waals surface area contributed by atoms with E-state index in [2.05, 4.69) is 150 Å². The van der Waals surface area contributed by atoms with Gasteiger partial charge in [-0.05, 0) is 395 Å². The fourth-order valence-corrected chi connectivity index (χ4v) is 36.5. The van der Waals surface area contributed by atoms with Crippen LogP contribution in [0, 0.1) is 231 Å². The maximum absolute atomic E-state index is 13.4. The first-order valence-corrected chi connectivity index (χ1v) is 53.8. The number of nitrogens with one attached hydrogen (secondary N) is 1. The van der Waals surface area contributed by atoms with E-state index in [0.717, 1.165) is 157 Å². The number of aromatic nitrogens is 8. The third-order valence-electron chi connectivity index (χ3n) is 42.8. The number of nitrogens with zero attached hydrogens (tertiary/aromatic N) is 11. The van der Waals surface area contributed by atoms with Gasteiger partial charge in [-0.1, -0.05) is 114 Å². The van der Waals surface area contributed by atoms with Gasteiger partial charge < -0.3 is 25.9 Å². The van der Waals surface area contributed by atoms with Gasteiger partial charge >= 0.3 is 0 Å². The maximum Gasteiger partial charge on any atom is 0.157 e. The molecule has 0 spiro atoms. The van der Waals surface area contributed by atoms with Crippen molar-refractivity contribution in [3.05, 3.63) is 71.8 Å². The fraction of sp³-hybridized carbons (Fsp3) is 0.820. The van der Waals surface area contributed by atoms with Crippen LogP contribution in [0.5, 0.6) is 0 Å². The summed E-state index contributed by atoms with van der Waals surface area (Å²) >= 11 is 3.69. The van der Waals surface area contributed by atoms with E-state index in [9.17, 15) is 43.5 Å². The van der Waals surface area contributed by atoms with Crippen LogP contribution in [0.15, 0.2) is 49.6 Å². The van der Waals surface area contributed by atoms with E-state index in [1.54, 1.807) is 57.4 Å². The molecule has 7 N–H and O–H groups in total. The van der Waals surface area contributed by atoms with Crippen molar-refractivity contribution in [1.29, 1.82) is 21.0 Å². The van der Waals surface area contributed by atoms with Gasteiger partial charge in [-0.15, -0.1) is 0 Å². The molecule has 2 unspecified atom stereocenters. The third-order valence-corrected chi connectivity index (χ3v) is 43.4. The van der Waals surface area contributed by atoms with Crippen LogP contribution in [0.2, 0.25) is 0 Å². The molecule has 21 nitrogen and oxygen atoms in total. The normalized spacial score (nSPS) is 45.5. The lowest BCUT2D eigenvalue weighted by molar-refractivity contribution is -0.166. The zero-order chi connectivity index (χ0) is 101. The van der Waals surface area contributed by atoms with Crippen LogP contribution < -0.4 is 0 Å². The van der Waals surface area contributed by atoms with Crippen LogP contribution in [0.4, 0.5) is 3.89 Å². The van der Waals surface area contributed by atoms with Crippen LogP contribution in [-0.4, -0.2) is 123 Å². The number of ketones is 4. The topological polar surface area (TPSA) is 358 Å². The molecule has 16 aliphatic carbocycles. The Hall–Kier alpha value is -5.96. The number of aromatic amines is 1. The van der Waals surface area contributed by atoms with Gasteiger partial charge in [-0.2, -0.15) is 45.3 Å². The van der Waals surface area contributed by atoms with E-state index in [0.29, 0.717) is 149 Å². The molecule has 0 bridgehead atoms. The highest BCUT2D eigenvalue weighted by Gasteiger charge is 2.69. The van der Waals surface area contributed by atoms with Gasteiger partial charge in [0.25, 0.3) is 0 Å². The van der Waals surface area contributed by atoms with E-state index in [1.807, 2.05) is 26.8 Å². The van der Waals surface area contributed by atoms with Gasteiger partial charge in [0, 0.05) is 75.8 Å². The van der Waals surface area contributed by atoms with Crippen molar-refractivity contribution in [3.8, 4) is 24.3 Å². The molecule has 754 valence electrons. The largest absolute Gasteiger partial charge is 0.412 e. The zero-order valence-corrected chi connectivity index (χ0v) is 85.8. The summed E-state index contributed by atoms with van der Waals surface area (Å²) in [6, 6.07) is 8.21. The Morgan fingerprint density at radius 1 is 0.400 bits per heavy atom.